The third-order valence-corrected chi connectivity index (χ3v) is 3.01. The van der Waals surface area contributed by atoms with Gasteiger partial charge in [0.15, 0.2) is 0 Å². The first-order valence-corrected chi connectivity index (χ1v) is 5.68. The van der Waals surface area contributed by atoms with Crippen LogP contribution in [0.2, 0.25) is 0 Å². The van der Waals surface area contributed by atoms with Gasteiger partial charge in [0.25, 0.3) is 0 Å². The quantitative estimate of drug-likeness (QED) is 0.608. The molecule has 1 unspecified atom stereocenters. The number of carbonyl (C=O) groups is 1. The van der Waals surface area contributed by atoms with Gasteiger partial charge in [-0.25, -0.2) is 4.79 Å². The summed E-state index contributed by atoms with van der Waals surface area (Å²) in [7, 11) is 2.86. The molecule has 2 rings (SSSR count). The summed E-state index contributed by atoms with van der Waals surface area (Å²) in [6.07, 6.45) is 0.691. The van der Waals surface area contributed by atoms with E-state index < -0.39 is 5.97 Å². The maximum Gasteiger partial charge on any atom is 0.341 e. The summed E-state index contributed by atoms with van der Waals surface area (Å²) < 4.78 is 15.7. The van der Waals surface area contributed by atoms with Gasteiger partial charge in [-0.05, 0) is 24.1 Å². The van der Waals surface area contributed by atoms with Crippen LogP contribution in [0, 0.1) is 0 Å². The molecule has 0 amide bonds. The molecule has 0 radical (unpaired) electrons. The SMILES string of the molecule is C=C(C)C1Cc2cc(C(=O)OC)c(OC)cc2O1. The molecule has 1 atom stereocenters. The van der Waals surface area contributed by atoms with E-state index in [1.807, 2.05) is 6.92 Å². The first-order chi connectivity index (χ1) is 8.56. The molecule has 0 saturated heterocycles. The highest BCUT2D eigenvalue weighted by molar-refractivity contribution is 5.93. The maximum atomic E-state index is 11.6. The minimum absolute atomic E-state index is 0.0300. The van der Waals surface area contributed by atoms with Gasteiger partial charge in [-0.15, -0.1) is 0 Å². The zero-order chi connectivity index (χ0) is 13.3. The van der Waals surface area contributed by atoms with Crippen molar-refractivity contribution in [3.8, 4) is 11.5 Å². The van der Waals surface area contributed by atoms with Gasteiger partial charge in [0.2, 0.25) is 0 Å². The summed E-state index contributed by atoms with van der Waals surface area (Å²) in [5.41, 5.74) is 2.36. The predicted molar refractivity (Wildman–Crippen MR) is 67.3 cm³/mol. The molecule has 4 heteroatoms. The first kappa shape index (κ1) is 12.5. The third kappa shape index (κ3) is 2.06. The molecular weight excluding hydrogens is 232 g/mol. The Morgan fingerprint density at radius 2 is 2.17 bits per heavy atom. The van der Waals surface area contributed by atoms with Crippen molar-refractivity contribution in [1.29, 1.82) is 0 Å². The highest BCUT2D eigenvalue weighted by atomic mass is 16.5. The third-order valence-electron chi connectivity index (χ3n) is 3.01. The summed E-state index contributed by atoms with van der Waals surface area (Å²) >= 11 is 0. The number of methoxy groups -OCH3 is 2. The lowest BCUT2D eigenvalue weighted by Crippen LogP contribution is -2.13. The van der Waals surface area contributed by atoms with Crippen LogP contribution in [0.15, 0.2) is 24.3 Å². The Hall–Kier alpha value is -1.97. The van der Waals surface area contributed by atoms with Crippen molar-refractivity contribution in [2.75, 3.05) is 14.2 Å². The summed E-state index contributed by atoms with van der Waals surface area (Å²) in [4.78, 5) is 11.6. The van der Waals surface area contributed by atoms with Crippen LogP contribution in [0.1, 0.15) is 22.8 Å². The number of carbonyl (C=O) groups excluding carboxylic acids is 1. The van der Waals surface area contributed by atoms with Crippen LogP contribution in [0.25, 0.3) is 0 Å². The average Bonchev–Trinajstić information content (AvgIpc) is 2.79. The van der Waals surface area contributed by atoms with Crippen molar-refractivity contribution < 1.29 is 19.0 Å². The fourth-order valence-corrected chi connectivity index (χ4v) is 1.98. The minimum Gasteiger partial charge on any atom is -0.496 e. The van der Waals surface area contributed by atoms with Crippen LogP contribution >= 0.6 is 0 Å². The van der Waals surface area contributed by atoms with Gasteiger partial charge >= 0.3 is 5.97 Å². The molecule has 96 valence electrons. The summed E-state index contributed by atoms with van der Waals surface area (Å²) in [6.45, 7) is 5.81. The van der Waals surface area contributed by atoms with E-state index in [2.05, 4.69) is 6.58 Å². The standard InChI is InChI=1S/C14H16O4/c1-8(2)11-6-9-5-10(14(15)17-4)13(16-3)7-12(9)18-11/h5,7,11H,1,6H2,2-4H3. The van der Waals surface area contributed by atoms with Gasteiger partial charge in [0.05, 0.1) is 14.2 Å². The first-order valence-electron chi connectivity index (χ1n) is 5.68. The van der Waals surface area contributed by atoms with E-state index in [1.54, 1.807) is 12.1 Å². The highest BCUT2D eigenvalue weighted by Crippen LogP contribution is 2.36. The van der Waals surface area contributed by atoms with E-state index in [0.717, 1.165) is 23.3 Å². The molecular formula is C14H16O4. The van der Waals surface area contributed by atoms with Crippen LogP contribution in [-0.4, -0.2) is 26.3 Å². The van der Waals surface area contributed by atoms with E-state index >= 15 is 0 Å². The van der Waals surface area contributed by atoms with Gasteiger partial charge in [0.1, 0.15) is 23.2 Å². The van der Waals surface area contributed by atoms with Crippen molar-refractivity contribution in [3.63, 3.8) is 0 Å². The van der Waals surface area contributed by atoms with Gasteiger partial charge < -0.3 is 14.2 Å². The van der Waals surface area contributed by atoms with Crippen molar-refractivity contribution >= 4 is 5.97 Å². The lowest BCUT2D eigenvalue weighted by atomic mass is 10.0. The average molecular weight is 248 g/mol. The molecule has 0 spiro atoms. The van der Waals surface area contributed by atoms with Crippen molar-refractivity contribution in [3.05, 3.63) is 35.4 Å². The van der Waals surface area contributed by atoms with Crippen LogP contribution in [0.5, 0.6) is 11.5 Å². The summed E-state index contributed by atoms with van der Waals surface area (Å²) in [6, 6.07) is 3.49. The maximum absolute atomic E-state index is 11.6. The Kier molecular flexibility index (Phi) is 3.28. The Labute approximate surface area is 106 Å². The zero-order valence-corrected chi connectivity index (χ0v) is 10.8. The molecule has 1 aromatic carbocycles. The molecule has 0 fully saturated rings. The van der Waals surface area contributed by atoms with Crippen LogP contribution < -0.4 is 9.47 Å². The lowest BCUT2D eigenvalue weighted by molar-refractivity contribution is 0.0597. The number of fused-ring (bicyclic) bond motifs is 1. The van der Waals surface area contributed by atoms with Gasteiger partial charge in [-0.3, -0.25) is 0 Å². The summed E-state index contributed by atoms with van der Waals surface area (Å²) in [5.74, 6) is 0.795. The van der Waals surface area contributed by atoms with E-state index in [1.165, 1.54) is 14.2 Å². The molecule has 0 aromatic heterocycles. The molecule has 0 N–H and O–H groups in total. The molecule has 4 nitrogen and oxygen atoms in total. The second-order valence-electron chi connectivity index (χ2n) is 4.31. The Balaban J connectivity index is 2.41. The molecule has 0 bridgehead atoms. The predicted octanol–water partition coefficient (Wildman–Crippen LogP) is 2.36. The van der Waals surface area contributed by atoms with Gasteiger partial charge in [0, 0.05) is 12.5 Å². The molecule has 1 heterocycles. The van der Waals surface area contributed by atoms with Crippen molar-refractivity contribution in [2.24, 2.45) is 0 Å². The minimum atomic E-state index is -0.409. The van der Waals surface area contributed by atoms with E-state index in [4.69, 9.17) is 14.2 Å². The fourth-order valence-electron chi connectivity index (χ4n) is 1.98. The number of rotatable bonds is 3. The molecule has 0 saturated carbocycles. The molecule has 0 aliphatic carbocycles. The van der Waals surface area contributed by atoms with Gasteiger partial charge in [-0.2, -0.15) is 0 Å². The Bertz CT molecular complexity index is 505. The van der Waals surface area contributed by atoms with E-state index in [-0.39, 0.29) is 6.10 Å². The van der Waals surface area contributed by atoms with Crippen LogP contribution in [0.3, 0.4) is 0 Å². The monoisotopic (exact) mass is 248 g/mol. The number of benzene rings is 1. The normalized spacial score (nSPS) is 16.7. The molecule has 1 aliphatic heterocycles. The lowest BCUT2D eigenvalue weighted by Gasteiger charge is -2.10. The van der Waals surface area contributed by atoms with E-state index in [0.29, 0.717) is 11.3 Å². The second-order valence-corrected chi connectivity index (χ2v) is 4.31. The fraction of sp³-hybridized carbons (Fsp3) is 0.357. The van der Waals surface area contributed by atoms with Crippen molar-refractivity contribution in [2.45, 2.75) is 19.4 Å². The smallest absolute Gasteiger partial charge is 0.341 e. The molecule has 1 aliphatic rings. The number of hydrogen-bond donors (Lipinski definition) is 0. The van der Waals surface area contributed by atoms with E-state index in [9.17, 15) is 4.79 Å². The number of esters is 1. The second kappa shape index (κ2) is 4.72. The largest absolute Gasteiger partial charge is 0.496 e. The zero-order valence-electron chi connectivity index (χ0n) is 10.8. The molecule has 1 aromatic rings. The van der Waals surface area contributed by atoms with Gasteiger partial charge in [-0.1, -0.05) is 6.58 Å². The Morgan fingerprint density at radius 1 is 1.44 bits per heavy atom. The number of hydrogen-bond acceptors (Lipinski definition) is 4. The van der Waals surface area contributed by atoms with Crippen LogP contribution in [0.4, 0.5) is 0 Å². The Morgan fingerprint density at radius 3 is 2.72 bits per heavy atom. The summed E-state index contributed by atoms with van der Waals surface area (Å²) in [5, 5.41) is 0. The van der Waals surface area contributed by atoms with Crippen LogP contribution in [-0.2, 0) is 11.2 Å². The topological polar surface area (TPSA) is 44.8 Å². The van der Waals surface area contributed by atoms with Crippen molar-refractivity contribution in [1.82, 2.24) is 0 Å². The number of ether oxygens (including phenoxy) is 3. The highest BCUT2D eigenvalue weighted by Gasteiger charge is 2.27. The molecule has 18 heavy (non-hydrogen) atoms.